The van der Waals surface area contributed by atoms with Crippen molar-refractivity contribution in [1.29, 1.82) is 0 Å². The van der Waals surface area contributed by atoms with E-state index in [4.69, 9.17) is 0 Å². The molecule has 0 unspecified atom stereocenters. The highest BCUT2D eigenvalue weighted by Gasteiger charge is 2.42. The smallest absolute Gasteiger partial charge is 0.274 e. The zero-order chi connectivity index (χ0) is 12.7. The maximum absolute atomic E-state index is 12.4. The van der Waals surface area contributed by atoms with Crippen molar-refractivity contribution in [2.75, 3.05) is 19.0 Å². The van der Waals surface area contributed by atoms with Gasteiger partial charge in [-0.2, -0.15) is 0 Å². The second-order valence-corrected chi connectivity index (χ2v) is 5.35. The van der Waals surface area contributed by atoms with Crippen LogP contribution in [0.2, 0.25) is 0 Å². The molecule has 18 heavy (non-hydrogen) atoms. The van der Waals surface area contributed by atoms with Gasteiger partial charge < -0.3 is 9.80 Å². The summed E-state index contributed by atoms with van der Waals surface area (Å²) < 4.78 is 0. The highest BCUT2D eigenvalue weighted by Crippen LogP contribution is 2.38. The quantitative estimate of drug-likeness (QED) is 0.789. The molecule has 0 atom stereocenters. The van der Waals surface area contributed by atoms with Crippen LogP contribution in [0.1, 0.15) is 36.2 Å². The van der Waals surface area contributed by atoms with Crippen molar-refractivity contribution in [3.8, 4) is 0 Å². The summed E-state index contributed by atoms with van der Waals surface area (Å²) in [5, 5.41) is 8.13. The van der Waals surface area contributed by atoms with Crippen molar-refractivity contribution < 1.29 is 4.79 Å². The fraction of sp³-hybridized carbons (Fsp3) is 0.615. The molecule has 2 fully saturated rings. The summed E-state index contributed by atoms with van der Waals surface area (Å²) in [6.07, 6.45) is 4.61. The van der Waals surface area contributed by atoms with Gasteiger partial charge in [0, 0.05) is 26.2 Å². The number of nitrogens with zero attached hydrogens (tertiary/aromatic N) is 4. The average molecular weight is 246 g/mol. The van der Waals surface area contributed by atoms with Crippen LogP contribution in [0.15, 0.2) is 12.1 Å². The van der Waals surface area contributed by atoms with E-state index in [0.717, 1.165) is 31.5 Å². The number of carbonyl (C=O) groups is 1. The summed E-state index contributed by atoms with van der Waals surface area (Å²) in [5.74, 6) is 0.828. The van der Waals surface area contributed by atoms with Crippen LogP contribution < -0.4 is 4.90 Å². The molecule has 0 spiro atoms. The largest absolute Gasteiger partial charge is 0.361 e. The molecule has 2 aliphatic rings. The number of hydrogen-bond donors (Lipinski definition) is 0. The molecule has 0 N–H and O–H groups in total. The van der Waals surface area contributed by atoms with Gasteiger partial charge in [-0.3, -0.25) is 4.79 Å². The van der Waals surface area contributed by atoms with E-state index in [1.807, 2.05) is 30.0 Å². The molecule has 2 bridgehead atoms. The first kappa shape index (κ1) is 11.4. The summed E-state index contributed by atoms with van der Waals surface area (Å²) in [5.41, 5.74) is 0.472. The van der Waals surface area contributed by atoms with Gasteiger partial charge in [0.05, 0.1) is 0 Å². The topological polar surface area (TPSA) is 49.3 Å². The van der Waals surface area contributed by atoms with Crippen molar-refractivity contribution in [3.63, 3.8) is 0 Å². The van der Waals surface area contributed by atoms with Gasteiger partial charge in [0.2, 0.25) is 0 Å². The standard InChI is InChI=1S/C13H18N4O/c1-16(2)12-8-7-11(14-15-12)13(18)17-9-3-4-10(17)6-5-9/h7-10H,3-6H2,1-2H3. The Kier molecular flexibility index (Phi) is 2.69. The molecule has 0 aliphatic carbocycles. The lowest BCUT2D eigenvalue weighted by atomic mass is 10.0. The SMILES string of the molecule is CN(C)c1ccc(C(=O)N2C3CCC2CC3)nn1. The first-order valence-electron chi connectivity index (χ1n) is 6.50. The molecular formula is C13H18N4O. The molecule has 3 rings (SSSR count). The van der Waals surface area contributed by atoms with E-state index in [1.165, 1.54) is 0 Å². The van der Waals surface area contributed by atoms with Gasteiger partial charge in [-0.05, 0) is 37.8 Å². The normalized spacial score (nSPS) is 25.6. The van der Waals surface area contributed by atoms with Crippen LogP contribution in [0, 0.1) is 0 Å². The van der Waals surface area contributed by atoms with Crippen LogP contribution in [-0.4, -0.2) is 47.2 Å². The fourth-order valence-corrected chi connectivity index (χ4v) is 3.05. The summed E-state index contributed by atoms with van der Waals surface area (Å²) in [6.45, 7) is 0. The molecule has 0 aromatic carbocycles. The number of fused-ring (bicyclic) bond motifs is 2. The number of anilines is 1. The minimum absolute atomic E-state index is 0.0535. The molecule has 1 aromatic rings. The third-order valence-electron chi connectivity index (χ3n) is 4.02. The Bertz CT molecular complexity index is 437. The molecule has 96 valence electrons. The molecule has 1 aromatic heterocycles. The Labute approximate surface area is 107 Å². The van der Waals surface area contributed by atoms with E-state index in [0.29, 0.717) is 17.8 Å². The zero-order valence-corrected chi connectivity index (χ0v) is 10.8. The number of carbonyl (C=O) groups excluding carboxylic acids is 1. The van der Waals surface area contributed by atoms with Crippen LogP contribution in [0.25, 0.3) is 0 Å². The molecular weight excluding hydrogens is 228 g/mol. The molecule has 1 amide bonds. The fourth-order valence-electron chi connectivity index (χ4n) is 3.05. The van der Waals surface area contributed by atoms with Crippen LogP contribution in [0.3, 0.4) is 0 Å². The molecule has 0 radical (unpaired) electrons. The zero-order valence-electron chi connectivity index (χ0n) is 10.8. The van der Waals surface area contributed by atoms with E-state index >= 15 is 0 Å². The van der Waals surface area contributed by atoms with Crippen molar-refractivity contribution in [1.82, 2.24) is 15.1 Å². The summed E-state index contributed by atoms with van der Waals surface area (Å²) in [7, 11) is 3.82. The third kappa shape index (κ3) is 1.74. The molecule has 3 heterocycles. The van der Waals surface area contributed by atoms with E-state index in [1.54, 1.807) is 6.07 Å². The number of rotatable bonds is 2. The lowest BCUT2D eigenvalue weighted by Gasteiger charge is -2.21. The van der Waals surface area contributed by atoms with E-state index in [2.05, 4.69) is 10.2 Å². The molecule has 5 heteroatoms. The molecule has 2 aliphatic heterocycles. The van der Waals surface area contributed by atoms with Crippen LogP contribution >= 0.6 is 0 Å². The van der Waals surface area contributed by atoms with Crippen molar-refractivity contribution in [3.05, 3.63) is 17.8 Å². The van der Waals surface area contributed by atoms with Gasteiger partial charge in [0.1, 0.15) is 0 Å². The molecule has 5 nitrogen and oxygen atoms in total. The highest BCUT2D eigenvalue weighted by atomic mass is 16.2. The van der Waals surface area contributed by atoms with Crippen LogP contribution in [0.4, 0.5) is 5.82 Å². The Morgan fingerprint density at radius 3 is 2.22 bits per heavy atom. The van der Waals surface area contributed by atoms with E-state index < -0.39 is 0 Å². The van der Waals surface area contributed by atoms with Gasteiger partial charge >= 0.3 is 0 Å². The molecule has 2 saturated heterocycles. The minimum Gasteiger partial charge on any atom is -0.361 e. The maximum Gasteiger partial charge on any atom is 0.274 e. The summed E-state index contributed by atoms with van der Waals surface area (Å²) in [6, 6.07) is 4.51. The summed E-state index contributed by atoms with van der Waals surface area (Å²) >= 11 is 0. The number of aromatic nitrogens is 2. The first-order chi connectivity index (χ1) is 8.66. The second-order valence-electron chi connectivity index (χ2n) is 5.35. The van der Waals surface area contributed by atoms with E-state index in [9.17, 15) is 4.79 Å². The van der Waals surface area contributed by atoms with Crippen molar-refractivity contribution in [2.24, 2.45) is 0 Å². The minimum atomic E-state index is 0.0535. The van der Waals surface area contributed by atoms with Gasteiger partial charge in [-0.1, -0.05) is 0 Å². The monoisotopic (exact) mass is 246 g/mol. The second kappa shape index (κ2) is 4.23. The predicted molar refractivity (Wildman–Crippen MR) is 68.6 cm³/mol. The van der Waals surface area contributed by atoms with Gasteiger partial charge in [0.25, 0.3) is 5.91 Å². The van der Waals surface area contributed by atoms with Gasteiger partial charge in [-0.25, -0.2) is 0 Å². The first-order valence-corrected chi connectivity index (χ1v) is 6.50. The van der Waals surface area contributed by atoms with Crippen molar-refractivity contribution in [2.45, 2.75) is 37.8 Å². The summed E-state index contributed by atoms with van der Waals surface area (Å²) in [4.78, 5) is 16.3. The lowest BCUT2D eigenvalue weighted by molar-refractivity contribution is 0.0722. The Morgan fingerprint density at radius 1 is 1.17 bits per heavy atom. The Hall–Kier alpha value is -1.65. The van der Waals surface area contributed by atoms with Crippen molar-refractivity contribution >= 4 is 11.7 Å². The van der Waals surface area contributed by atoms with E-state index in [-0.39, 0.29) is 5.91 Å². The number of amides is 1. The molecule has 0 saturated carbocycles. The van der Waals surface area contributed by atoms with Crippen LogP contribution in [-0.2, 0) is 0 Å². The van der Waals surface area contributed by atoms with Gasteiger partial charge in [0.15, 0.2) is 11.5 Å². The van der Waals surface area contributed by atoms with Crippen LogP contribution in [0.5, 0.6) is 0 Å². The Balaban J connectivity index is 1.80. The third-order valence-corrected chi connectivity index (χ3v) is 4.02. The number of hydrogen-bond acceptors (Lipinski definition) is 4. The Morgan fingerprint density at radius 2 is 1.78 bits per heavy atom. The van der Waals surface area contributed by atoms with Gasteiger partial charge in [-0.15, -0.1) is 10.2 Å². The lowest BCUT2D eigenvalue weighted by Crippen LogP contribution is -2.35. The highest BCUT2D eigenvalue weighted by molar-refractivity contribution is 5.93. The average Bonchev–Trinajstić information content (AvgIpc) is 2.98. The maximum atomic E-state index is 12.4. The predicted octanol–water partition coefficient (Wildman–Crippen LogP) is 1.31.